The highest BCUT2D eigenvalue weighted by Gasteiger charge is 2.18. The molecule has 1 aromatic carbocycles. The molecule has 1 unspecified atom stereocenters. The van der Waals surface area contributed by atoms with Crippen LogP contribution in [0.2, 0.25) is 0 Å². The maximum absolute atomic E-state index is 12.0. The van der Waals surface area contributed by atoms with Crippen molar-refractivity contribution in [2.24, 2.45) is 0 Å². The van der Waals surface area contributed by atoms with Crippen molar-refractivity contribution in [3.8, 4) is 17.2 Å². The summed E-state index contributed by atoms with van der Waals surface area (Å²) in [6.45, 7) is 4.32. The van der Waals surface area contributed by atoms with Gasteiger partial charge in [-0.25, -0.2) is 4.79 Å². The van der Waals surface area contributed by atoms with E-state index in [2.05, 4.69) is 14.4 Å². The highest BCUT2D eigenvalue weighted by molar-refractivity contribution is 5.91. The molecule has 14 heteroatoms. The summed E-state index contributed by atoms with van der Waals surface area (Å²) in [6, 6.07) is 1.93. The molecule has 1 rings (SSSR count). The Labute approximate surface area is 176 Å². The van der Waals surface area contributed by atoms with Gasteiger partial charge in [0.1, 0.15) is 12.7 Å². The van der Waals surface area contributed by atoms with Crippen LogP contribution in [-0.2, 0) is 19.2 Å². The van der Waals surface area contributed by atoms with Crippen molar-refractivity contribution in [3.05, 3.63) is 37.9 Å². The normalized spacial score (nSPS) is 10.7. The summed E-state index contributed by atoms with van der Waals surface area (Å²) in [7, 11) is 0. The third-order valence-corrected chi connectivity index (χ3v) is 3.30. The quantitative estimate of drug-likeness (QED) is 0.118. The van der Waals surface area contributed by atoms with E-state index in [0.29, 0.717) is 0 Å². The van der Waals surface area contributed by atoms with Crippen molar-refractivity contribution in [1.29, 1.82) is 0 Å². The first kappa shape index (κ1) is 27.2. The number of carbonyl (C=O) groups excluding carboxylic acids is 2. The Bertz CT molecular complexity index is 768. The van der Waals surface area contributed by atoms with Crippen molar-refractivity contribution in [2.45, 2.75) is 46.1 Å². The second-order valence-electron chi connectivity index (χ2n) is 5.54. The van der Waals surface area contributed by atoms with Crippen LogP contribution in [0.15, 0.2) is 12.1 Å². The first-order valence-electron chi connectivity index (χ1n) is 9.10. The first-order chi connectivity index (χ1) is 14.6. The zero-order valence-corrected chi connectivity index (χ0v) is 17.1. The molecular weight excluding hydrogens is 424 g/mol. The van der Waals surface area contributed by atoms with Crippen LogP contribution in [0.1, 0.15) is 50.4 Å². The van der Waals surface area contributed by atoms with Gasteiger partial charge in [-0.2, -0.15) is 0 Å². The van der Waals surface area contributed by atoms with E-state index in [1.54, 1.807) is 0 Å². The molecule has 0 saturated carbocycles. The van der Waals surface area contributed by atoms with Gasteiger partial charge in [0.25, 0.3) is 10.2 Å². The fourth-order valence-corrected chi connectivity index (χ4v) is 2.10. The minimum atomic E-state index is -1.16. The molecular formula is C17H24N2O12. The second-order valence-corrected chi connectivity index (χ2v) is 5.54. The third kappa shape index (κ3) is 11.1. The number of nitrogens with zero attached hydrogens (tertiary/aromatic N) is 2. The lowest BCUT2D eigenvalue weighted by molar-refractivity contribution is -0.790. The van der Waals surface area contributed by atoms with Crippen LogP contribution in [0.5, 0.6) is 17.2 Å². The van der Waals surface area contributed by atoms with Gasteiger partial charge in [-0.05, 0) is 31.4 Å². The topological polar surface area (TPSA) is 198 Å². The van der Waals surface area contributed by atoms with Crippen molar-refractivity contribution < 1.29 is 49.1 Å². The Morgan fingerprint density at radius 3 is 2.29 bits per heavy atom. The third-order valence-electron chi connectivity index (χ3n) is 3.30. The van der Waals surface area contributed by atoms with E-state index < -0.39 is 52.1 Å². The number of ether oxygens (including phenoxy) is 2. The molecule has 0 fully saturated rings. The van der Waals surface area contributed by atoms with Gasteiger partial charge in [0, 0.05) is 6.92 Å². The standard InChI is InChI=1S/C15H18N2O12.C2H6/c1-9(18)28-13-7-10(6-12(19)14(13)20)15(21)26-5-3-2-4-11(29-17(24)25)8-27-16(22)23;1-2/h6-7,11,19-20H,2-5,8H2,1H3;1-2H3. The van der Waals surface area contributed by atoms with Crippen LogP contribution in [0.3, 0.4) is 0 Å². The number of carbonyl (C=O) groups is 2. The van der Waals surface area contributed by atoms with Crippen molar-refractivity contribution in [2.75, 3.05) is 13.2 Å². The van der Waals surface area contributed by atoms with Crippen molar-refractivity contribution in [1.82, 2.24) is 0 Å². The number of hydrogen-bond acceptors (Lipinski definition) is 12. The van der Waals surface area contributed by atoms with Gasteiger partial charge in [-0.3, -0.25) is 4.79 Å². The zero-order valence-electron chi connectivity index (χ0n) is 17.1. The minimum absolute atomic E-state index is 0.0307. The van der Waals surface area contributed by atoms with Gasteiger partial charge in [0.05, 0.1) is 12.2 Å². The SMILES string of the molecule is CC.CC(=O)Oc1cc(C(=O)OCCCCC(CO[N+](=O)[O-])O[N+](=O)[O-])cc(O)c1O. The van der Waals surface area contributed by atoms with E-state index in [1.807, 2.05) is 13.8 Å². The molecule has 1 aromatic rings. The van der Waals surface area contributed by atoms with Crippen LogP contribution in [0, 0.1) is 20.2 Å². The monoisotopic (exact) mass is 448 g/mol. The maximum atomic E-state index is 12.0. The Morgan fingerprint density at radius 2 is 1.74 bits per heavy atom. The summed E-state index contributed by atoms with van der Waals surface area (Å²) in [5.74, 6) is -3.50. The highest BCUT2D eigenvalue weighted by atomic mass is 17.0. The van der Waals surface area contributed by atoms with Crippen molar-refractivity contribution >= 4 is 11.9 Å². The smallest absolute Gasteiger partial charge is 0.338 e. The average molecular weight is 448 g/mol. The average Bonchev–Trinajstić information content (AvgIpc) is 2.69. The Kier molecular flexibility index (Phi) is 12.4. The number of phenols is 2. The lowest BCUT2D eigenvalue weighted by Crippen LogP contribution is -2.24. The molecule has 0 radical (unpaired) electrons. The van der Waals surface area contributed by atoms with Crippen LogP contribution >= 0.6 is 0 Å². The van der Waals surface area contributed by atoms with Gasteiger partial charge in [-0.15, -0.1) is 20.2 Å². The number of phenolic OH excluding ortho intramolecular Hbond substituents is 2. The maximum Gasteiger partial charge on any atom is 0.338 e. The molecule has 14 nitrogen and oxygen atoms in total. The Hall–Kier alpha value is -3.84. The lowest BCUT2D eigenvalue weighted by Gasteiger charge is -2.13. The van der Waals surface area contributed by atoms with Crippen LogP contribution in [-0.4, -0.2) is 51.6 Å². The van der Waals surface area contributed by atoms with Gasteiger partial charge in [-0.1, -0.05) is 13.8 Å². The van der Waals surface area contributed by atoms with E-state index in [-0.39, 0.29) is 31.4 Å². The largest absolute Gasteiger partial charge is 0.504 e. The predicted octanol–water partition coefficient (Wildman–Crippen LogP) is 2.16. The summed E-state index contributed by atoms with van der Waals surface area (Å²) in [6.07, 6.45) is -0.635. The molecule has 1 atom stereocenters. The summed E-state index contributed by atoms with van der Waals surface area (Å²) in [5, 5.41) is 37.5. The fraction of sp³-hybridized carbons (Fsp3) is 0.529. The van der Waals surface area contributed by atoms with Gasteiger partial charge < -0.3 is 29.4 Å². The lowest BCUT2D eigenvalue weighted by atomic mass is 10.1. The van der Waals surface area contributed by atoms with Gasteiger partial charge in [0.2, 0.25) is 5.75 Å². The number of esters is 2. The molecule has 0 aromatic heterocycles. The van der Waals surface area contributed by atoms with Gasteiger partial charge >= 0.3 is 11.9 Å². The minimum Gasteiger partial charge on any atom is -0.504 e. The molecule has 0 saturated heterocycles. The molecule has 0 spiro atoms. The Morgan fingerprint density at radius 1 is 1.10 bits per heavy atom. The summed E-state index contributed by atoms with van der Waals surface area (Å²) in [5.41, 5.74) is -0.189. The van der Waals surface area contributed by atoms with Crippen molar-refractivity contribution in [3.63, 3.8) is 0 Å². The molecule has 2 N–H and O–H groups in total. The van der Waals surface area contributed by atoms with E-state index in [4.69, 9.17) is 4.74 Å². The van der Waals surface area contributed by atoms with E-state index >= 15 is 0 Å². The van der Waals surface area contributed by atoms with E-state index in [0.717, 1.165) is 19.1 Å². The molecule has 31 heavy (non-hydrogen) atoms. The molecule has 174 valence electrons. The number of aromatic hydroxyl groups is 2. The summed E-state index contributed by atoms with van der Waals surface area (Å²) >= 11 is 0. The highest BCUT2D eigenvalue weighted by Crippen LogP contribution is 2.36. The molecule has 0 bridgehead atoms. The van der Waals surface area contributed by atoms with Crippen LogP contribution < -0.4 is 4.74 Å². The second kappa shape index (κ2) is 14.2. The van der Waals surface area contributed by atoms with Crippen LogP contribution in [0.4, 0.5) is 0 Å². The number of rotatable bonds is 12. The molecule has 0 amide bonds. The molecule has 0 aliphatic rings. The van der Waals surface area contributed by atoms with E-state index in [9.17, 15) is 40.0 Å². The number of hydrogen-bond donors (Lipinski definition) is 2. The molecule has 0 aliphatic heterocycles. The van der Waals surface area contributed by atoms with Crippen LogP contribution in [0.25, 0.3) is 0 Å². The number of benzene rings is 1. The van der Waals surface area contributed by atoms with E-state index in [1.165, 1.54) is 0 Å². The summed E-state index contributed by atoms with van der Waals surface area (Å²) in [4.78, 5) is 51.8. The molecule has 0 aliphatic carbocycles. The Balaban J connectivity index is 0.00000436. The zero-order chi connectivity index (χ0) is 24.0. The molecule has 0 heterocycles. The number of unbranched alkanes of at least 4 members (excludes halogenated alkanes) is 1. The predicted molar refractivity (Wildman–Crippen MR) is 101 cm³/mol. The fourth-order valence-electron chi connectivity index (χ4n) is 2.10. The summed E-state index contributed by atoms with van der Waals surface area (Å²) < 4.78 is 9.63. The first-order valence-corrected chi connectivity index (χ1v) is 9.10. The van der Waals surface area contributed by atoms with Gasteiger partial charge in [0.15, 0.2) is 11.5 Å².